The van der Waals surface area contributed by atoms with Gasteiger partial charge in [0.15, 0.2) is 0 Å². The molecule has 0 unspecified atom stereocenters. The first-order valence-corrected chi connectivity index (χ1v) is 9.41. The Labute approximate surface area is 149 Å². The Bertz CT molecular complexity index is 634. The number of fused-ring (bicyclic) bond motifs is 1. The van der Waals surface area contributed by atoms with E-state index in [9.17, 15) is 0 Å². The molecule has 2 aliphatic heterocycles. The summed E-state index contributed by atoms with van der Waals surface area (Å²) >= 11 is 0. The molecule has 0 saturated carbocycles. The Morgan fingerprint density at radius 1 is 1.20 bits per heavy atom. The lowest BCUT2D eigenvalue weighted by Crippen LogP contribution is -2.31. The van der Waals surface area contributed by atoms with Gasteiger partial charge in [-0.15, -0.1) is 0 Å². The summed E-state index contributed by atoms with van der Waals surface area (Å²) in [4.78, 5) is 9.44. The van der Waals surface area contributed by atoms with Crippen molar-refractivity contribution in [1.29, 1.82) is 0 Å². The van der Waals surface area contributed by atoms with E-state index in [-0.39, 0.29) is 0 Å². The van der Waals surface area contributed by atoms with Crippen molar-refractivity contribution in [2.45, 2.75) is 32.5 Å². The Balaban J connectivity index is 1.32. The summed E-state index contributed by atoms with van der Waals surface area (Å²) in [6.07, 6.45) is 8.41. The van der Waals surface area contributed by atoms with Gasteiger partial charge in [-0.05, 0) is 38.1 Å². The predicted molar refractivity (Wildman–Crippen MR) is 95.0 cm³/mol. The monoisotopic (exact) mass is 344 g/mol. The SMILES string of the molecule is c1coc(CN2Cc3nccn3C[C@@H](COCCN3CCCC3)C2)c1. The molecule has 4 heterocycles. The van der Waals surface area contributed by atoms with Gasteiger partial charge in [0.05, 0.1) is 32.6 Å². The fourth-order valence-corrected chi connectivity index (χ4v) is 3.92. The molecule has 4 rings (SSSR count). The van der Waals surface area contributed by atoms with Crippen molar-refractivity contribution in [3.8, 4) is 0 Å². The molecule has 0 N–H and O–H groups in total. The van der Waals surface area contributed by atoms with Crippen molar-refractivity contribution in [1.82, 2.24) is 19.4 Å². The van der Waals surface area contributed by atoms with E-state index in [1.807, 2.05) is 18.3 Å². The largest absolute Gasteiger partial charge is 0.468 e. The van der Waals surface area contributed by atoms with Crippen LogP contribution in [0.5, 0.6) is 0 Å². The standard InChI is InChI=1S/C19H28N4O2/c1-2-7-21(6-1)9-11-24-16-17-12-22(14-18-4-3-10-25-18)15-19-20-5-8-23(19)13-17/h3-5,8,10,17H,1-2,6-7,9,11-16H2/t17-/m0/s1. The van der Waals surface area contributed by atoms with Crippen molar-refractivity contribution in [3.63, 3.8) is 0 Å². The molecule has 0 aromatic carbocycles. The number of imidazole rings is 1. The number of likely N-dealkylation sites (tertiary alicyclic amines) is 1. The van der Waals surface area contributed by atoms with Gasteiger partial charge in [-0.3, -0.25) is 4.90 Å². The van der Waals surface area contributed by atoms with E-state index in [2.05, 4.69) is 25.5 Å². The Kier molecular flexibility index (Phi) is 5.49. The second-order valence-corrected chi connectivity index (χ2v) is 7.23. The van der Waals surface area contributed by atoms with Crippen molar-refractivity contribution in [3.05, 3.63) is 42.4 Å². The van der Waals surface area contributed by atoms with Gasteiger partial charge in [-0.2, -0.15) is 0 Å². The van der Waals surface area contributed by atoms with E-state index >= 15 is 0 Å². The lowest BCUT2D eigenvalue weighted by Gasteiger charge is -2.23. The number of furan rings is 1. The first-order chi connectivity index (χ1) is 12.4. The molecule has 0 spiro atoms. The molecule has 25 heavy (non-hydrogen) atoms. The lowest BCUT2D eigenvalue weighted by molar-refractivity contribution is 0.0637. The average Bonchev–Trinajstić information content (AvgIpc) is 3.35. The first kappa shape index (κ1) is 16.8. The van der Waals surface area contributed by atoms with Crippen LogP contribution in [0.15, 0.2) is 35.2 Å². The highest BCUT2D eigenvalue weighted by Crippen LogP contribution is 2.18. The van der Waals surface area contributed by atoms with Crippen LogP contribution >= 0.6 is 0 Å². The normalized spacial score (nSPS) is 22.2. The Morgan fingerprint density at radius 2 is 2.12 bits per heavy atom. The van der Waals surface area contributed by atoms with E-state index in [1.165, 1.54) is 25.9 Å². The zero-order valence-corrected chi connectivity index (χ0v) is 14.8. The third-order valence-corrected chi connectivity index (χ3v) is 5.20. The second kappa shape index (κ2) is 8.17. The quantitative estimate of drug-likeness (QED) is 0.721. The fraction of sp³-hybridized carbons (Fsp3) is 0.632. The summed E-state index contributed by atoms with van der Waals surface area (Å²) < 4.78 is 13.8. The predicted octanol–water partition coefficient (Wildman–Crippen LogP) is 2.22. The number of nitrogens with zero attached hydrogens (tertiary/aromatic N) is 4. The van der Waals surface area contributed by atoms with Gasteiger partial charge in [0, 0.05) is 37.9 Å². The van der Waals surface area contributed by atoms with E-state index in [0.717, 1.165) is 57.5 Å². The Morgan fingerprint density at radius 3 is 2.96 bits per heavy atom. The number of hydrogen-bond acceptors (Lipinski definition) is 5. The summed E-state index contributed by atoms with van der Waals surface area (Å²) in [5, 5.41) is 0. The average molecular weight is 344 g/mol. The summed E-state index contributed by atoms with van der Waals surface area (Å²) in [7, 11) is 0. The van der Waals surface area contributed by atoms with E-state index < -0.39 is 0 Å². The van der Waals surface area contributed by atoms with Crippen molar-refractivity contribution < 1.29 is 9.15 Å². The first-order valence-electron chi connectivity index (χ1n) is 9.41. The maximum Gasteiger partial charge on any atom is 0.122 e. The van der Waals surface area contributed by atoms with Crippen LogP contribution in [0.1, 0.15) is 24.4 Å². The summed E-state index contributed by atoms with van der Waals surface area (Å²) in [6, 6.07) is 3.99. The Hall–Kier alpha value is -1.63. The van der Waals surface area contributed by atoms with Gasteiger partial charge in [0.25, 0.3) is 0 Å². The lowest BCUT2D eigenvalue weighted by atomic mass is 10.1. The molecule has 6 heteroatoms. The maximum absolute atomic E-state index is 6.04. The third-order valence-electron chi connectivity index (χ3n) is 5.20. The van der Waals surface area contributed by atoms with Crippen LogP contribution in [0.2, 0.25) is 0 Å². The number of hydrogen-bond donors (Lipinski definition) is 0. The van der Waals surface area contributed by atoms with Gasteiger partial charge in [-0.1, -0.05) is 0 Å². The van der Waals surface area contributed by atoms with Crippen molar-refractivity contribution in [2.24, 2.45) is 5.92 Å². The van der Waals surface area contributed by atoms with Gasteiger partial charge in [-0.25, -0.2) is 4.98 Å². The summed E-state index contributed by atoms with van der Waals surface area (Å²) in [6.45, 7) is 8.86. The molecule has 1 saturated heterocycles. The minimum atomic E-state index is 0.476. The van der Waals surface area contributed by atoms with Crippen LogP contribution in [0.25, 0.3) is 0 Å². The van der Waals surface area contributed by atoms with Crippen LogP contribution in [0, 0.1) is 5.92 Å². The number of ether oxygens (including phenoxy) is 1. The topological polar surface area (TPSA) is 46.7 Å². The molecule has 0 bridgehead atoms. The highest BCUT2D eigenvalue weighted by atomic mass is 16.5. The summed E-state index contributed by atoms with van der Waals surface area (Å²) in [5.41, 5.74) is 0. The second-order valence-electron chi connectivity index (χ2n) is 7.23. The molecule has 1 atom stereocenters. The molecule has 0 amide bonds. The van der Waals surface area contributed by atoms with Crippen LogP contribution in [-0.4, -0.2) is 58.7 Å². The molecule has 136 valence electrons. The van der Waals surface area contributed by atoms with Gasteiger partial charge in [0.1, 0.15) is 11.6 Å². The molecule has 0 aliphatic carbocycles. The number of aromatic nitrogens is 2. The van der Waals surface area contributed by atoms with E-state index in [4.69, 9.17) is 9.15 Å². The van der Waals surface area contributed by atoms with Crippen LogP contribution in [0.3, 0.4) is 0 Å². The zero-order valence-electron chi connectivity index (χ0n) is 14.8. The molecule has 6 nitrogen and oxygen atoms in total. The minimum Gasteiger partial charge on any atom is -0.468 e. The maximum atomic E-state index is 6.04. The van der Waals surface area contributed by atoms with E-state index in [0.29, 0.717) is 5.92 Å². The van der Waals surface area contributed by atoms with Gasteiger partial charge in [0.2, 0.25) is 0 Å². The smallest absolute Gasteiger partial charge is 0.122 e. The minimum absolute atomic E-state index is 0.476. The van der Waals surface area contributed by atoms with Crippen LogP contribution < -0.4 is 0 Å². The fourth-order valence-electron chi connectivity index (χ4n) is 3.92. The molecular formula is C19H28N4O2. The molecule has 2 aromatic heterocycles. The van der Waals surface area contributed by atoms with Crippen molar-refractivity contribution in [2.75, 3.05) is 39.4 Å². The molecule has 2 aliphatic rings. The van der Waals surface area contributed by atoms with Crippen LogP contribution in [0.4, 0.5) is 0 Å². The molecule has 2 aromatic rings. The van der Waals surface area contributed by atoms with Gasteiger partial charge < -0.3 is 18.6 Å². The zero-order chi connectivity index (χ0) is 16.9. The van der Waals surface area contributed by atoms with Gasteiger partial charge >= 0.3 is 0 Å². The number of rotatable bonds is 7. The van der Waals surface area contributed by atoms with E-state index in [1.54, 1.807) is 6.26 Å². The molecular weight excluding hydrogens is 316 g/mol. The molecule has 1 fully saturated rings. The van der Waals surface area contributed by atoms with Crippen molar-refractivity contribution >= 4 is 0 Å². The highest BCUT2D eigenvalue weighted by Gasteiger charge is 2.23. The summed E-state index contributed by atoms with van der Waals surface area (Å²) in [5.74, 6) is 2.61. The van der Waals surface area contributed by atoms with Crippen LogP contribution in [-0.2, 0) is 24.4 Å². The highest BCUT2D eigenvalue weighted by molar-refractivity contribution is 5.00. The third kappa shape index (κ3) is 4.51. The molecule has 0 radical (unpaired) electrons.